The summed E-state index contributed by atoms with van der Waals surface area (Å²) in [5, 5.41) is 4.12. The summed E-state index contributed by atoms with van der Waals surface area (Å²) in [6.45, 7) is 3.77. The number of alkyl halides is 1. The molecule has 0 fully saturated rings. The van der Waals surface area contributed by atoms with Crippen molar-refractivity contribution in [2.75, 3.05) is 14.2 Å². The summed E-state index contributed by atoms with van der Waals surface area (Å²) in [7, 11) is 3.06. The van der Waals surface area contributed by atoms with E-state index in [4.69, 9.17) is 21.1 Å². The Labute approximate surface area is 141 Å². The Hall–Kier alpha value is -1.62. The van der Waals surface area contributed by atoms with Crippen LogP contribution in [0.3, 0.4) is 0 Å². The number of carbonyl (C=O) groups excluding carboxylic acids is 1. The van der Waals surface area contributed by atoms with Gasteiger partial charge < -0.3 is 14.8 Å². The van der Waals surface area contributed by atoms with Gasteiger partial charge in [0.15, 0.2) is 6.29 Å². The van der Waals surface area contributed by atoms with Gasteiger partial charge in [0.25, 0.3) is 0 Å². The van der Waals surface area contributed by atoms with E-state index in [0.29, 0.717) is 0 Å². The predicted molar refractivity (Wildman–Crippen MR) is 92.7 cm³/mol. The molecule has 0 aliphatic rings. The lowest BCUT2D eigenvalue weighted by Gasteiger charge is -2.24. The Morgan fingerprint density at radius 1 is 1.13 bits per heavy atom. The quantitative estimate of drug-likeness (QED) is 0.648. The smallest absolute Gasteiger partial charge is 0.243 e. The van der Waals surface area contributed by atoms with E-state index < -0.39 is 11.7 Å². The third-order valence-corrected chi connectivity index (χ3v) is 4.33. The molecule has 0 aromatic heterocycles. The summed E-state index contributed by atoms with van der Waals surface area (Å²) in [4.78, 5) is 12.5. The van der Waals surface area contributed by atoms with Gasteiger partial charge in [-0.15, -0.1) is 11.6 Å². The maximum absolute atomic E-state index is 12.5. The summed E-state index contributed by atoms with van der Waals surface area (Å²) < 4.78 is 10.3. The number of nitrogens with one attached hydrogen (secondary N) is 1. The van der Waals surface area contributed by atoms with Crippen LogP contribution in [0.5, 0.6) is 0 Å². The highest BCUT2D eigenvalue weighted by atomic mass is 35.5. The fourth-order valence-corrected chi connectivity index (χ4v) is 3.09. The molecule has 23 heavy (non-hydrogen) atoms. The molecule has 0 bridgehead atoms. The molecule has 124 valence electrons. The first kappa shape index (κ1) is 17.7. The van der Waals surface area contributed by atoms with Crippen LogP contribution in [-0.4, -0.2) is 32.5 Å². The Balaban J connectivity index is 2.28. The van der Waals surface area contributed by atoms with Crippen LogP contribution in [0.25, 0.3) is 10.8 Å². The zero-order valence-corrected chi connectivity index (χ0v) is 14.6. The van der Waals surface area contributed by atoms with Crippen molar-refractivity contribution in [1.29, 1.82) is 0 Å². The molecule has 2 aromatic carbocycles. The summed E-state index contributed by atoms with van der Waals surface area (Å²) in [6.07, 6.45) is -0.517. The van der Waals surface area contributed by atoms with Crippen LogP contribution in [0.4, 0.5) is 0 Å². The van der Waals surface area contributed by atoms with E-state index in [1.807, 2.05) is 50.2 Å². The lowest BCUT2D eigenvalue weighted by Crippen LogP contribution is -2.44. The molecular weight excluding hydrogens is 314 g/mol. The number of methoxy groups -OCH3 is 2. The van der Waals surface area contributed by atoms with Crippen molar-refractivity contribution < 1.29 is 14.3 Å². The highest BCUT2D eigenvalue weighted by molar-refractivity contribution is 6.31. The highest BCUT2D eigenvalue weighted by Crippen LogP contribution is 2.31. The normalized spacial score (nSPS) is 14.0. The molecule has 5 heteroatoms. The van der Waals surface area contributed by atoms with Gasteiger partial charge in [-0.1, -0.05) is 36.4 Å². The van der Waals surface area contributed by atoms with Crippen LogP contribution in [0.2, 0.25) is 0 Å². The zero-order valence-electron chi connectivity index (χ0n) is 13.8. The second kappa shape index (κ2) is 7.77. The molecular formula is C18H22ClNO3. The average molecular weight is 336 g/mol. The number of carbonyl (C=O) groups is 1. The number of hydrogen-bond acceptors (Lipinski definition) is 3. The van der Waals surface area contributed by atoms with Crippen molar-refractivity contribution in [3.63, 3.8) is 0 Å². The number of aryl methyl sites for hydroxylation is 1. The summed E-state index contributed by atoms with van der Waals surface area (Å²) in [5.74, 6) is -0.266. The van der Waals surface area contributed by atoms with Gasteiger partial charge in [0.2, 0.25) is 5.91 Å². The monoisotopic (exact) mass is 335 g/mol. The van der Waals surface area contributed by atoms with Gasteiger partial charge in [0.1, 0.15) is 5.38 Å². The Morgan fingerprint density at radius 2 is 1.78 bits per heavy atom. The highest BCUT2D eigenvalue weighted by Gasteiger charge is 2.25. The minimum Gasteiger partial charge on any atom is -0.354 e. The topological polar surface area (TPSA) is 47.6 Å². The van der Waals surface area contributed by atoms with Gasteiger partial charge >= 0.3 is 0 Å². The first-order valence-electron chi connectivity index (χ1n) is 7.47. The van der Waals surface area contributed by atoms with Crippen LogP contribution < -0.4 is 5.32 Å². The molecule has 1 N–H and O–H groups in total. The van der Waals surface area contributed by atoms with Crippen molar-refractivity contribution in [3.8, 4) is 0 Å². The van der Waals surface area contributed by atoms with Crippen LogP contribution >= 0.6 is 11.6 Å². The number of benzene rings is 2. The van der Waals surface area contributed by atoms with E-state index in [-0.39, 0.29) is 11.9 Å². The predicted octanol–water partition coefficient (Wildman–Crippen LogP) is 3.55. The molecule has 0 saturated heterocycles. The van der Waals surface area contributed by atoms with Crippen LogP contribution in [0.15, 0.2) is 36.4 Å². The number of fused-ring (bicyclic) bond motifs is 1. The van der Waals surface area contributed by atoms with Gasteiger partial charge in [-0.25, -0.2) is 0 Å². The van der Waals surface area contributed by atoms with Crippen molar-refractivity contribution in [1.82, 2.24) is 5.32 Å². The van der Waals surface area contributed by atoms with Crippen molar-refractivity contribution in [2.45, 2.75) is 31.6 Å². The molecule has 4 nitrogen and oxygen atoms in total. The summed E-state index contributed by atoms with van der Waals surface area (Å²) in [5.41, 5.74) is 1.82. The minimum absolute atomic E-state index is 0.266. The largest absolute Gasteiger partial charge is 0.354 e. The number of hydrogen-bond donors (Lipinski definition) is 1. The number of amides is 1. The SMILES string of the molecule is COC(OC)C(C)NC(=O)C(Cl)c1c(C)ccc2ccccc12. The van der Waals surface area contributed by atoms with E-state index in [1.54, 1.807) is 0 Å². The molecule has 0 aliphatic heterocycles. The van der Waals surface area contributed by atoms with Gasteiger partial charge in [-0.3, -0.25) is 4.79 Å². The fourth-order valence-electron chi connectivity index (χ4n) is 2.74. The van der Waals surface area contributed by atoms with Crippen molar-refractivity contribution in [3.05, 3.63) is 47.5 Å². The van der Waals surface area contributed by atoms with Gasteiger partial charge in [0, 0.05) is 14.2 Å². The number of halogens is 1. The van der Waals surface area contributed by atoms with Crippen LogP contribution in [0.1, 0.15) is 23.4 Å². The molecule has 2 unspecified atom stereocenters. The molecule has 0 heterocycles. The molecule has 0 aliphatic carbocycles. The average Bonchev–Trinajstić information content (AvgIpc) is 2.55. The molecule has 2 rings (SSSR count). The fraction of sp³-hybridized carbons (Fsp3) is 0.389. The first-order valence-corrected chi connectivity index (χ1v) is 7.91. The van der Waals surface area contributed by atoms with Crippen molar-refractivity contribution in [2.24, 2.45) is 0 Å². The Bertz CT molecular complexity index is 685. The van der Waals surface area contributed by atoms with E-state index in [1.165, 1.54) is 14.2 Å². The third kappa shape index (κ3) is 3.83. The maximum Gasteiger partial charge on any atom is 0.243 e. The first-order chi connectivity index (χ1) is 11.0. The molecule has 2 atom stereocenters. The standard InChI is InChI=1S/C18H22ClNO3/c1-11-9-10-13-7-5-6-8-14(13)15(11)16(19)17(21)20-12(2)18(22-3)23-4/h5-10,12,16,18H,1-4H3,(H,20,21). The van der Waals surface area contributed by atoms with E-state index in [9.17, 15) is 4.79 Å². The third-order valence-electron chi connectivity index (χ3n) is 3.92. The molecule has 2 aromatic rings. The Kier molecular flexibility index (Phi) is 5.99. The van der Waals surface area contributed by atoms with E-state index >= 15 is 0 Å². The lowest BCUT2D eigenvalue weighted by atomic mass is 9.96. The second-order valence-electron chi connectivity index (χ2n) is 5.52. The van der Waals surface area contributed by atoms with Crippen LogP contribution in [0, 0.1) is 6.92 Å². The summed E-state index contributed by atoms with van der Waals surface area (Å²) in [6, 6.07) is 11.6. The molecule has 1 amide bonds. The van der Waals surface area contributed by atoms with Gasteiger partial charge in [0.05, 0.1) is 6.04 Å². The summed E-state index contributed by atoms with van der Waals surface area (Å²) >= 11 is 6.48. The minimum atomic E-state index is -0.780. The molecule has 0 radical (unpaired) electrons. The number of ether oxygens (including phenoxy) is 2. The zero-order chi connectivity index (χ0) is 17.0. The van der Waals surface area contributed by atoms with Crippen molar-refractivity contribution >= 4 is 28.3 Å². The molecule has 0 spiro atoms. The van der Waals surface area contributed by atoms with Crippen LogP contribution in [-0.2, 0) is 14.3 Å². The number of rotatable bonds is 6. The second-order valence-corrected chi connectivity index (χ2v) is 5.95. The Morgan fingerprint density at radius 3 is 2.43 bits per heavy atom. The van der Waals surface area contributed by atoms with Gasteiger partial charge in [-0.05, 0) is 35.7 Å². The molecule has 0 saturated carbocycles. The lowest BCUT2D eigenvalue weighted by molar-refractivity contribution is -0.135. The van der Waals surface area contributed by atoms with E-state index in [0.717, 1.165) is 21.9 Å². The van der Waals surface area contributed by atoms with Gasteiger partial charge in [-0.2, -0.15) is 0 Å². The maximum atomic E-state index is 12.5. The van der Waals surface area contributed by atoms with E-state index in [2.05, 4.69) is 5.32 Å².